The van der Waals surface area contributed by atoms with Gasteiger partial charge in [-0.3, -0.25) is 9.78 Å². The number of carbonyl (C=O) groups is 1. The average Bonchev–Trinajstić information content (AvgIpc) is 2.74. The van der Waals surface area contributed by atoms with E-state index in [1.807, 2.05) is 41.4 Å². The number of piperidine rings is 1. The van der Waals surface area contributed by atoms with E-state index >= 15 is 0 Å². The minimum Gasteiger partial charge on any atom is -0.342 e. The van der Waals surface area contributed by atoms with Gasteiger partial charge in [0.1, 0.15) is 0 Å². The van der Waals surface area contributed by atoms with Gasteiger partial charge in [0.15, 0.2) is 5.82 Å². The third kappa shape index (κ3) is 3.72. The quantitative estimate of drug-likeness (QED) is 0.712. The van der Waals surface area contributed by atoms with E-state index in [-0.39, 0.29) is 11.8 Å². The molecule has 0 aliphatic carbocycles. The maximum absolute atomic E-state index is 11.9. The number of nitrogens with zero attached hydrogens (tertiary/aromatic N) is 4. The van der Waals surface area contributed by atoms with Crippen LogP contribution in [0.3, 0.4) is 0 Å². The van der Waals surface area contributed by atoms with Gasteiger partial charge >= 0.3 is 0 Å². The second-order valence-electron chi connectivity index (χ2n) is 6.90. The lowest BCUT2D eigenvalue weighted by Crippen LogP contribution is -2.38. The van der Waals surface area contributed by atoms with E-state index < -0.39 is 0 Å². The molecule has 1 saturated heterocycles. The Labute approximate surface area is 159 Å². The normalized spacial score (nSPS) is 16.9. The monoisotopic (exact) mass is 358 g/mol. The molecule has 3 heterocycles. The van der Waals surface area contributed by atoms with E-state index in [0.29, 0.717) is 12.4 Å². The van der Waals surface area contributed by atoms with E-state index in [1.54, 1.807) is 19.3 Å². The van der Waals surface area contributed by atoms with Crippen LogP contribution in [0.1, 0.15) is 31.4 Å². The zero-order valence-electron chi connectivity index (χ0n) is 15.4. The molecule has 5 nitrogen and oxygen atoms in total. The molecule has 1 fully saturated rings. The second kappa shape index (κ2) is 7.66. The first-order chi connectivity index (χ1) is 13.2. The van der Waals surface area contributed by atoms with Gasteiger partial charge < -0.3 is 4.90 Å². The molecule has 0 bridgehead atoms. The molecule has 5 heteroatoms. The van der Waals surface area contributed by atoms with Crippen LogP contribution in [0.25, 0.3) is 22.5 Å². The van der Waals surface area contributed by atoms with E-state index in [0.717, 1.165) is 41.8 Å². The van der Waals surface area contributed by atoms with Crippen molar-refractivity contribution in [3.63, 3.8) is 0 Å². The molecule has 0 unspecified atom stereocenters. The van der Waals surface area contributed by atoms with Crippen molar-refractivity contribution in [2.75, 3.05) is 13.1 Å². The standard InChI is InChI=1S/C22H22N4O/c1-16(27)26-13-5-8-19(15-26)21-20(17-6-3-2-4-7-17)14-24-22(25-21)18-9-11-23-12-10-18/h2-4,6-7,9-12,14,19H,5,8,13,15H2,1H3/t19-/m0/s1. The summed E-state index contributed by atoms with van der Waals surface area (Å²) >= 11 is 0. The fourth-order valence-corrected chi connectivity index (χ4v) is 3.67. The Morgan fingerprint density at radius 1 is 1.07 bits per heavy atom. The van der Waals surface area contributed by atoms with Crippen LogP contribution >= 0.6 is 0 Å². The van der Waals surface area contributed by atoms with E-state index in [1.165, 1.54) is 0 Å². The SMILES string of the molecule is CC(=O)N1CCC[C@H](c2nc(-c3ccncc3)ncc2-c2ccccc2)C1. The van der Waals surface area contributed by atoms with Crippen molar-refractivity contribution in [3.8, 4) is 22.5 Å². The molecule has 3 aromatic rings. The van der Waals surface area contributed by atoms with Crippen LogP contribution < -0.4 is 0 Å². The Morgan fingerprint density at radius 2 is 1.85 bits per heavy atom. The summed E-state index contributed by atoms with van der Waals surface area (Å²) in [6.45, 7) is 3.18. The number of pyridine rings is 1. The Balaban J connectivity index is 1.79. The highest BCUT2D eigenvalue weighted by molar-refractivity contribution is 5.74. The number of benzene rings is 1. The van der Waals surface area contributed by atoms with Gasteiger partial charge in [-0.1, -0.05) is 30.3 Å². The highest BCUT2D eigenvalue weighted by atomic mass is 16.2. The van der Waals surface area contributed by atoms with Crippen LogP contribution in [0.5, 0.6) is 0 Å². The maximum atomic E-state index is 11.9. The summed E-state index contributed by atoms with van der Waals surface area (Å²) in [6.07, 6.45) is 7.44. The first-order valence-corrected chi connectivity index (χ1v) is 9.30. The molecule has 2 aromatic heterocycles. The summed E-state index contributed by atoms with van der Waals surface area (Å²) in [6, 6.07) is 14.1. The van der Waals surface area contributed by atoms with E-state index in [2.05, 4.69) is 22.1 Å². The predicted octanol–water partition coefficient (Wildman–Crippen LogP) is 3.93. The molecule has 0 saturated carbocycles. The molecule has 0 spiro atoms. The van der Waals surface area contributed by atoms with Crippen molar-refractivity contribution >= 4 is 5.91 Å². The fraction of sp³-hybridized carbons (Fsp3) is 0.273. The van der Waals surface area contributed by atoms with Gasteiger partial charge in [-0.15, -0.1) is 0 Å². The van der Waals surface area contributed by atoms with Gasteiger partial charge in [0, 0.05) is 55.6 Å². The second-order valence-corrected chi connectivity index (χ2v) is 6.90. The van der Waals surface area contributed by atoms with Crippen LogP contribution in [0.15, 0.2) is 61.1 Å². The molecule has 0 radical (unpaired) electrons. The minimum absolute atomic E-state index is 0.129. The van der Waals surface area contributed by atoms with Crippen molar-refractivity contribution in [3.05, 3.63) is 66.7 Å². The summed E-state index contributed by atoms with van der Waals surface area (Å²) in [5.41, 5.74) is 4.12. The number of rotatable bonds is 3. The highest BCUT2D eigenvalue weighted by Crippen LogP contribution is 2.34. The molecular weight excluding hydrogens is 336 g/mol. The zero-order chi connectivity index (χ0) is 18.6. The Morgan fingerprint density at radius 3 is 2.59 bits per heavy atom. The van der Waals surface area contributed by atoms with Gasteiger partial charge in [-0.25, -0.2) is 9.97 Å². The van der Waals surface area contributed by atoms with Crippen LogP contribution in [0, 0.1) is 0 Å². The molecule has 1 aliphatic rings. The largest absolute Gasteiger partial charge is 0.342 e. The van der Waals surface area contributed by atoms with Gasteiger partial charge in [0.25, 0.3) is 0 Å². The van der Waals surface area contributed by atoms with Crippen LogP contribution in [-0.2, 0) is 4.79 Å². The molecule has 136 valence electrons. The average molecular weight is 358 g/mol. The molecular formula is C22H22N4O. The number of carbonyl (C=O) groups excluding carboxylic acids is 1. The first kappa shape index (κ1) is 17.3. The molecule has 1 aromatic carbocycles. The summed E-state index contributed by atoms with van der Waals surface area (Å²) < 4.78 is 0. The van der Waals surface area contributed by atoms with Gasteiger partial charge in [0.2, 0.25) is 5.91 Å². The van der Waals surface area contributed by atoms with E-state index in [4.69, 9.17) is 4.98 Å². The fourth-order valence-electron chi connectivity index (χ4n) is 3.67. The van der Waals surface area contributed by atoms with Crippen molar-refractivity contribution < 1.29 is 4.79 Å². The van der Waals surface area contributed by atoms with Gasteiger partial charge in [-0.05, 0) is 30.5 Å². The smallest absolute Gasteiger partial charge is 0.219 e. The lowest BCUT2D eigenvalue weighted by atomic mass is 9.89. The summed E-state index contributed by atoms with van der Waals surface area (Å²) in [7, 11) is 0. The van der Waals surface area contributed by atoms with E-state index in [9.17, 15) is 4.79 Å². The van der Waals surface area contributed by atoms with Crippen molar-refractivity contribution in [1.29, 1.82) is 0 Å². The Bertz CT molecular complexity index is 928. The van der Waals surface area contributed by atoms with Crippen LogP contribution in [0.2, 0.25) is 0 Å². The summed E-state index contributed by atoms with van der Waals surface area (Å²) in [5, 5.41) is 0. The van der Waals surface area contributed by atoms with Gasteiger partial charge in [0.05, 0.1) is 5.69 Å². The zero-order valence-corrected chi connectivity index (χ0v) is 15.4. The molecule has 27 heavy (non-hydrogen) atoms. The topological polar surface area (TPSA) is 59.0 Å². The summed E-state index contributed by atoms with van der Waals surface area (Å²) in [5.74, 6) is 1.04. The number of amides is 1. The number of hydrogen-bond acceptors (Lipinski definition) is 4. The molecule has 1 aliphatic heterocycles. The van der Waals surface area contributed by atoms with Crippen LogP contribution in [0.4, 0.5) is 0 Å². The minimum atomic E-state index is 0.129. The lowest BCUT2D eigenvalue weighted by Gasteiger charge is -2.32. The first-order valence-electron chi connectivity index (χ1n) is 9.30. The van der Waals surface area contributed by atoms with Crippen molar-refractivity contribution in [1.82, 2.24) is 19.9 Å². The lowest BCUT2D eigenvalue weighted by molar-refractivity contribution is -0.130. The summed E-state index contributed by atoms with van der Waals surface area (Å²) in [4.78, 5) is 27.5. The highest BCUT2D eigenvalue weighted by Gasteiger charge is 2.27. The van der Waals surface area contributed by atoms with Crippen LogP contribution in [-0.4, -0.2) is 38.8 Å². The molecule has 4 rings (SSSR count). The van der Waals surface area contributed by atoms with Gasteiger partial charge in [-0.2, -0.15) is 0 Å². The number of aromatic nitrogens is 3. The molecule has 0 N–H and O–H groups in total. The van der Waals surface area contributed by atoms with Crippen molar-refractivity contribution in [2.24, 2.45) is 0 Å². The predicted molar refractivity (Wildman–Crippen MR) is 105 cm³/mol. The molecule has 1 atom stereocenters. The third-order valence-electron chi connectivity index (χ3n) is 5.09. The number of hydrogen-bond donors (Lipinski definition) is 0. The third-order valence-corrected chi connectivity index (χ3v) is 5.09. The maximum Gasteiger partial charge on any atom is 0.219 e. The Hall–Kier alpha value is -3.08. The van der Waals surface area contributed by atoms with Crippen molar-refractivity contribution in [2.45, 2.75) is 25.7 Å². The Kier molecular flexibility index (Phi) is 4.92. The number of likely N-dealkylation sites (tertiary alicyclic amines) is 1. The molecule has 1 amide bonds.